The van der Waals surface area contributed by atoms with Crippen molar-refractivity contribution >= 4 is 21.7 Å². The normalized spacial score (nSPS) is 15.0. The van der Waals surface area contributed by atoms with E-state index in [-0.39, 0.29) is 23.3 Å². The van der Waals surface area contributed by atoms with Gasteiger partial charge in [-0.3, -0.25) is 4.79 Å². The summed E-state index contributed by atoms with van der Waals surface area (Å²) in [5, 5.41) is 2.86. The Balaban J connectivity index is 1.74. The fraction of sp³-hybridized carbons (Fsp3) is 0.300. The van der Waals surface area contributed by atoms with Gasteiger partial charge in [-0.2, -0.15) is 0 Å². The minimum absolute atomic E-state index is 0.0985. The lowest BCUT2D eigenvalue weighted by atomic mass is 10.1. The summed E-state index contributed by atoms with van der Waals surface area (Å²) in [5.74, 6) is -1.08. The zero-order valence-corrected chi connectivity index (χ0v) is 15.7. The molecule has 27 heavy (non-hydrogen) atoms. The van der Waals surface area contributed by atoms with Gasteiger partial charge >= 0.3 is 5.97 Å². The fourth-order valence-electron chi connectivity index (χ4n) is 2.62. The molecular weight excluding hydrogens is 366 g/mol. The van der Waals surface area contributed by atoms with Gasteiger partial charge in [0.1, 0.15) is 0 Å². The fourth-order valence-corrected chi connectivity index (χ4v) is 3.42. The first-order valence-corrected chi connectivity index (χ1v) is 10.7. The molecule has 0 heterocycles. The second kappa shape index (κ2) is 7.92. The Labute approximate surface area is 158 Å². The maximum absolute atomic E-state index is 12.5. The SMILES string of the molecule is CS(=O)(=O)Cc1ccc(C(=O)OC(C(=O)NC2CC2)c2ccccc2)cc1. The van der Waals surface area contributed by atoms with Crippen molar-refractivity contribution in [3.8, 4) is 0 Å². The minimum Gasteiger partial charge on any atom is -0.444 e. The average Bonchev–Trinajstić information content (AvgIpc) is 3.43. The monoisotopic (exact) mass is 387 g/mol. The Hall–Kier alpha value is -2.67. The highest BCUT2D eigenvalue weighted by Crippen LogP contribution is 2.24. The lowest BCUT2D eigenvalue weighted by molar-refractivity contribution is -0.130. The number of hydrogen-bond donors (Lipinski definition) is 1. The van der Waals surface area contributed by atoms with E-state index in [0.717, 1.165) is 19.1 Å². The maximum Gasteiger partial charge on any atom is 0.339 e. The van der Waals surface area contributed by atoms with Gasteiger partial charge in [-0.1, -0.05) is 42.5 Å². The molecule has 1 unspecified atom stereocenters. The lowest BCUT2D eigenvalue weighted by Gasteiger charge is -2.18. The maximum atomic E-state index is 12.5. The molecule has 1 atom stereocenters. The quantitative estimate of drug-likeness (QED) is 0.737. The third-order valence-electron chi connectivity index (χ3n) is 4.11. The predicted octanol–water partition coefficient (Wildman–Crippen LogP) is 2.41. The number of sulfone groups is 1. The van der Waals surface area contributed by atoms with E-state index >= 15 is 0 Å². The van der Waals surface area contributed by atoms with Crippen LogP contribution in [0.4, 0.5) is 0 Å². The topological polar surface area (TPSA) is 89.5 Å². The summed E-state index contributed by atoms with van der Waals surface area (Å²) >= 11 is 0. The number of ether oxygens (including phenoxy) is 1. The zero-order valence-electron chi connectivity index (χ0n) is 14.9. The van der Waals surface area contributed by atoms with Gasteiger partial charge in [0, 0.05) is 17.9 Å². The summed E-state index contributed by atoms with van der Waals surface area (Å²) in [5.41, 5.74) is 1.44. The van der Waals surface area contributed by atoms with Gasteiger partial charge in [0.2, 0.25) is 6.10 Å². The van der Waals surface area contributed by atoms with Gasteiger partial charge in [-0.05, 0) is 30.5 Å². The van der Waals surface area contributed by atoms with Crippen LogP contribution in [0.5, 0.6) is 0 Å². The first-order valence-electron chi connectivity index (χ1n) is 8.65. The Kier molecular flexibility index (Phi) is 5.60. The van der Waals surface area contributed by atoms with Crippen LogP contribution in [0.25, 0.3) is 0 Å². The van der Waals surface area contributed by atoms with Gasteiger partial charge in [0.15, 0.2) is 9.84 Å². The molecule has 0 saturated heterocycles. The van der Waals surface area contributed by atoms with Crippen LogP contribution in [-0.4, -0.2) is 32.6 Å². The zero-order chi connectivity index (χ0) is 19.4. The molecule has 2 aromatic rings. The van der Waals surface area contributed by atoms with Crippen molar-refractivity contribution in [2.45, 2.75) is 30.7 Å². The molecule has 0 aromatic heterocycles. The van der Waals surface area contributed by atoms with Gasteiger partial charge < -0.3 is 10.1 Å². The van der Waals surface area contributed by atoms with Crippen LogP contribution >= 0.6 is 0 Å². The summed E-state index contributed by atoms with van der Waals surface area (Å²) in [6.45, 7) is 0. The molecule has 1 aliphatic rings. The summed E-state index contributed by atoms with van der Waals surface area (Å²) in [4.78, 5) is 25.0. The number of carbonyl (C=O) groups is 2. The van der Waals surface area contributed by atoms with E-state index in [2.05, 4.69) is 5.32 Å². The molecule has 1 fully saturated rings. The molecule has 2 aromatic carbocycles. The first kappa shape index (κ1) is 19.1. The van der Waals surface area contributed by atoms with E-state index in [9.17, 15) is 18.0 Å². The van der Waals surface area contributed by atoms with Crippen LogP contribution in [-0.2, 0) is 25.1 Å². The predicted molar refractivity (Wildman–Crippen MR) is 101 cm³/mol. The smallest absolute Gasteiger partial charge is 0.339 e. The molecular formula is C20H21NO5S. The van der Waals surface area contributed by atoms with Crippen molar-refractivity contribution in [2.75, 3.05) is 6.26 Å². The van der Waals surface area contributed by atoms with Crippen LogP contribution in [0, 0.1) is 0 Å². The van der Waals surface area contributed by atoms with Crippen LogP contribution in [0.3, 0.4) is 0 Å². The number of hydrogen-bond acceptors (Lipinski definition) is 5. The summed E-state index contributed by atoms with van der Waals surface area (Å²) in [6, 6.07) is 15.1. The molecule has 142 valence electrons. The van der Waals surface area contributed by atoms with Gasteiger partial charge in [0.25, 0.3) is 5.91 Å². The van der Waals surface area contributed by atoms with E-state index < -0.39 is 21.9 Å². The van der Waals surface area contributed by atoms with Crippen LogP contribution in [0.1, 0.15) is 40.4 Å². The van der Waals surface area contributed by atoms with E-state index in [1.54, 1.807) is 36.4 Å². The molecule has 0 aliphatic heterocycles. The molecule has 1 aliphatic carbocycles. The van der Waals surface area contributed by atoms with E-state index in [1.807, 2.05) is 6.07 Å². The van der Waals surface area contributed by atoms with Gasteiger partial charge in [-0.25, -0.2) is 13.2 Å². The molecule has 7 heteroatoms. The van der Waals surface area contributed by atoms with Gasteiger partial charge in [0.05, 0.1) is 11.3 Å². The number of benzene rings is 2. The molecule has 1 saturated carbocycles. The summed E-state index contributed by atoms with van der Waals surface area (Å²) < 4.78 is 28.2. The number of amides is 1. The number of nitrogens with one attached hydrogen (secondary N) is 1. The molecule has 6 nitrogen and oxygen atoms in total. The molecule has 1 N–H and O–H groups in total. The van der Waals surface area contributed by atoms with E-state index in [4.69, 9.17) is 4.74 Å². The number of carbonyl (C=O) groups excluding carboxylic acids is 2. The summed E-state index contributed by atoms with van der Waals surface area (Å²) in [7, 11) is -3.15. The number of rotatable bonds is 7. The van der Waals surface area contributed by atoms with Crippen LogP contribution in [0.2, 0.25) is 0 Å². The van der Waals surface area contributed by atoms with E-state index in [1.165, 1.54) is 12.1 Å². The van der Waals surface area contributed by atoms with Crippen LogP contribution < -0.4 is 5.32 Å². The van der Waals surface area contributed by atoms with Crippen molar-refractivity contribution in [3.63, 3.8) is 0 Å². The minimum atomic E-state index is -3.15. The second-order valence-corrected chi connectivity index (χ2v) is 8.89. The van der Waals surface area contributed by atoms with Gasteiger partial charge in [-0.15, -0.1) is 0 Å². The first-order chi connectivity index (χ1) is 12.8. The number of esters is 1. The largest absolute Gasteiger partial charge is 0.444 e. The molecule has 3 rings (SSSR count). The van der Waals surface area contributed by atoms with Crippen molar-refractivity contribution in [1.29, 1.82) is 0 Å². The van der Waals surface area contributed by atoms with Crippen LogP contribution in [0.15, 0.2) is 54.6 Å². The third-order valence-corrected chi connectivity index (χ3v) is 4.97. The molecule has 1 amide bonds. The van der Waals surface area contributed by atoms with Crippen molar-refractivity contribution < 1.29 is 22.7 Å². The Morgan fingerprint density at radius 2 is 1.70 bits per heavy atom. The lowest BCUT2D eigenvalue weighted by Crippen LogP contribution is -2.33. The molecule has 0 bridgehead atoms. The van der Waals surface area contributed by atoms with Crippen molar-refractivity contribution in [2.24, 2.45) is 0 Å². The molecule has 0 radical (unpaired) electrons. The Morgan fingerprint density at radius 1 is 1.07 bits per heavy atom. The highest BCUT2D eigenvalue weighted by molar-refractivity contribution is 7.89. The highest BCUT2D eigenvalue weighted by Gasteiger charge is 2.31. The highest BCUT2D eigenvalue weighted by atomic mass is 32.2. The van der Waals surface area contributed by atoms with E-state index in [0.29, 0.717) is 11.1 Å². The average molecular weight is 387 g/mol. The summed E-state index contributed by atoms with van der Waals surface area (Å²) in [6.07, 6.45) is 1.99. The Bertz CT molecular complexity index is 919. The Morgan fingerprint density at radius 3 is 2.26 bits per heavy atom. The van der Waals surface area contributed by atoms with Crippen molar-refractivity contribution in [1.82, 2.24) is 5.32 Å². The third kappa shape index (κ3) is 5.65. The standard InChI is InChI=1S/C20H21NO5S/c1-27(24,25)13-14-7-9-16(10-8-14)20(23)26-18(15-5-3-2-4-6-15)19(22)21-17-11-12-17/h2-10,17-18H,11-13H2,1H3,(H,21,22). The molecule has 0 spiro atoms. The van der Waals surface area contributed by atoms with Crippen molar-refractivity contribution in [3.05, 3.63) is 71.3 Å². The second-order valence-electron chi connectivity index (χ2n) is 6.75.